The van der Waals surface area contributed by atoms with Gasteiger partial charge in [-0.05, 0) is 23.8 Å². The Morgan fingerprint density at radius 2 is 1.96 bits per heavy atom. The Morgan fingerprint density at radius 3 is 2.74 bits per heavy atom. The SMILES string of the molecule is O=C(/C=C/c1cccc(Cl)c1)Nc1n[nH]c(-c2ccccc2)n1. The molecular formula is C17H13ClN4O. The van der Waals surface area contributed by atoms with Crippen LogP contribution in [0.15, 0.2) is 60.7 Å². The maximum Gasteiger partial charge on any atom is 0.250 e. The largest absolute Gasteiger partial charge is 0.290 e. The first-order valence-corrected chi connectivity index (χ1v) is 7.31. The number of hydrogen-bond donors (Lipinski definition) is 2. The molecule has 114 valence electrons. The number of rotatable bonds is 4. The van der Waals surface area contributed by atoms with Crippen LogP contribution in [0.4, 0.5) is 5.95 Å². The molecule has 1 aromatic heterocycles. The average Bonchev–Trinajstić information content (AvgIpc) is 3.02. The van der Waals surface area contributed by atoms with E-state index in [1.807, 2.05) is 42.5 Å². The van der Waals surface area contributed by atoms with Crippen molar-refractivity contribution in [3.8, 4) is 11.4 Å². The van der Waals surface area contributed by atoms with Crippen molar-refractivity contribution in [1.82, 2.24) is 15.2 Å². The fourth-order valence-corrected chi connectivity index (χ4v) is 2.18. The average molecular weight is 325 g/mol. The molecule has 0 spiro atoms. The maximum absolute atomic E-state index is 11.9. The van der Waals surface area contributed by atoms with Crippen molar-refractivity contribution < 1.29 is 4.79 Å². The van der Waals surface area contributed by atoms with Crippen LogP contribution in [0.25, 0.3) is 17.5 Å². The van der Waals surface area contributed by atoms with Gasteiger partial charge in [0.1, 0.15) is 0 Å². The summed E-state index contributed by atoms with van der Waals surface area (Å²) in [6.07, 6.45) is 3.08. The highest BCUT2D eigenvalue weighted by atomic mass is 35.5. The van der Waals surface area contributed by atoms with Crippen LogP contribution in [-0.2, 0) is 4.79 Å². The molecule has 2 aromatic carbocycles. The number of aromatic amines is 1. The topological polar surface area (TPSA) is 70.7 Å². The first-order valence-electron chi connectivity index (χ1n) is 6.93. The highest BCUT2D eigenvalue weighted by Gasteiger charge is 2.06. The Kier molecular flexibility index (Phi) is 4.49. The van der Waals surface area contributed by atoms with Crippen molar-refractivity contribution >= 4 is 29.5 Å². The van der Waals surface area contributed by atoms with Crippen LogP contribution in [0.2, 0.25) is 5.02 Å². The Morgan fingerprint density at radius 1 is 1.13 bits per heavy atom. The Bertz CT molecular complexity index is 843. The van der Waals surface area contributed by atoms with Gasteiger partial charge in [-0.2, -0.15) is 4.98 Å². The van der Waals surface area contributed by atoms with E-state index >= 15 is 0 Å². The van der Waals surface area contributed by atoms with Crippen molar-refractivity contribution in [3.05, 3.63) is 71.3 Å². The monoisotopic (exact) mass is 324 g/mol. The summed E-state index contributed by atoms with van der Waals surface area (Å²) in [5, 5.41) is 9.99. The van der Waals surface area contributed by atoms with E-state index < -0.39 is 0 Å². The second-order valence-corrected chi connectivity index (χ2v) is 5.19. The number of aromatic nitrogens is 3. The van der Waals surface area contributed by atoms with Gasteiger partial charge in [-0.15, -0.1) is 5.10 Å². The van der Waals surface area contributed by atoms with Crippen molar-refractivity contribution in [1.29, 1.82) is 0 Å². The van der Waals surface area contributed by atoms with Crippen molar-refractivity contribution in [2.24, 2.45) is 0 Å². The number of anilines is 1. The van der Waals surface area contributed by atoms with Crippen LogP contribution in [0, 0.1) is 0 Å². The Hall–Kier alpha value is -2.92. The van der Waals surface area contributed by atoms with Crippen LogP contribution in [0.3, 0.4) is 0 Å². The molecule has 1 amide bonds. The summed E-state index contributed by atoms with van der Waals surface area (Å²) in [5.74, 6) is 0.507. The fraction of sp³-hybridized carbons (Fsp3) is 0. The molecule has 0 saturated heterocycles. The summed E-state index contributed by atoms with van der Waals surface area (Å²) in [7, 11) is 0. The molecule has 1 heterocycles. The smallest absolute Gasteiger partial charge is 0.250 e. The minimum Gasteiger partial charge on any atom is -0.290 e. The van der Waals surface area contributed by atoms with E-state index in [1.54, 1.807) is 18.2 Å². The second-order valence-electron chi connectivity index (χ2n) is 4.75. The van der Waals surface area contributed by atoms with Gasteiger partial charge in [0.15, 0.2) is 5.82 Å². The fourth-order valence-electron chi connectivity index (χ4n) is 1.98. The molecule has 0 bridgehead atoms. The van der Waals surface area contributed by atoms with Crippen molar-refractivity contribution in [2.45, 2.75) is 0 Å². The number of benzene rings is 2. The van der Waals surface area contributed by atoms with Gasteiger partial charge >= 0.3 is 0 Å². The highest BCUT2D eigenvalue weighted by molar-refractivity contribution is 6.30. The highest BCUT2D eigenvalue weighted by Crippen LogP contribution is 2.15. The number of hydrogen-bond acceptors (Lipinski definition) is 3. The third-order valence-corrected chi connectivity index (χ3v) is 3.28. The van der Waals surface area contributed by atoms with Crippen LogP contribution >= 0.6 is 11.6 Å². The zero-order chi connectivity index (χ0) is 16.1. The van der Waals surface area contributed by atoms with Crippen molar-refractivity contribution in [2.75, 3.05) is 5.32 Å². The summed E-state index contributed by atoms with van der Waals surface area (Å²) < 4.78 is 0. The zero-order valence-corrected chi connectivity index (χ0v) is 12.8. The molecule has 0 aliphatic carbocycles. The maximum atomic E-state index is 11.9. The molecule has 2 N–H and O–H groups in total. The quantitative estimate of drug-likeness (QED) is 0.717. The molecule has 6 heteroatoms. The van der Waals surface area contributed by atoms with E-state index in [2.05, 4.69) is 20.5 Å². The van der Waals surface area contributed by atoms with Gasteiger partial charge in [0, 0.05) is 16.7 Å². The minimum atomic E-state index is -0.316. The molecule has 3 rings (SSSR count). The standard InChI is InChI=1S/C17H13ClN4O/c18-14-8-4-5-12(11-14)9-10-15(23)19-17-20-16(21-22-17)13-6-2-1-3-7-13/h1-11H,(H2,19,20,21,22,23)/b10-9+. The lowest BCUT2D eigenvalue weighted by Crippen LogP contribution is -2.09. The van der Waals surface area contributed by atoms with E-state index in [-0.39, 0.29) is 11.9 Å². The number of halogens is 1. The molecular weight excluding hydrogens is 312 g/mol. The molecule has 0 atom stereocenters. The molecule has 0 fully saturated rings. The number of nitrogens with zero attached hydrogens (tertiary/aromatic N) is 2. The molecule has 23 heavy (non-hydrogen) atoms. The van der Waals surface area contributed by atoms with Gasteiger partial charge in [0.25, 0.3) is 5.91 Å². The first-order chi connectivity index (χ1) is 11.2. The normalized spacial score (nSPS) is 10.8. The predicted octanol–water partition coefficient (Wildman–Crippen LogP) is 3.78. The van der Waals surface area contributed by atoms with Gasteiger partial charge in [0.05, 0.1) is 0 Å². The summed E-state index contributed by atoms with van der Waals surface area (Å²) in [6, 6.07) is 16.8. The van der Waals surface area contributed by atoms with Gasteiger partial charge in [-0.25, -0.2) is 0 Å². The molecule has 3 aromatic rings. The van der Waals surface area contributed by atoms with E-state index in [1.165, 1.54) is 6.08 Å². The third kappa shape index (κ3) is 4.05. The number of carbonyl (C=O) groups excluding carboxylic acids is 1. The lowest BCUT2D eigenvalue weighted by molar-refractivity contribution is -0.111. The number of amides is 1. The lowest BCUT2D eigenvalue weighted by atomic mass is 10.2. The molecule has 0 aliphatic rings. The minimum absolute atomic E-state index is 0.226. The molecule has 0 unspecified atom stereocenters. The van der Waals surface area contributed by atoms with Crippen molar-refractivity contribution in [3.63, 3.8) is 0 Å². The van der Waals surface area contributed by atoms with E-state index in [4.69, 9.17) is 11.6 Å². The summed E-state index contributed by atoms with van der Waals surface area (Å²) in [6.45, 7) is 0. The Labute approximate surface area is 138 Å². The predicted molar refractivity (Wildman–Crippen MR) is 90.9 cm³/mol. The molecule has 0 aliphatic heterocycles. The van der Waals surface area contributed by atoms with Crippen LogP contribution in [0.5, 0.6) is 0 Å². The van der Waals surface area contributed by atoms with Gasteiger partial charge in [-0.3, -0.25) is 15.2 Å². The number of nitrogens with one attached hydrogen (secondary N) is 2. The molecule has 0 saturated carbocycles. The van der Waals surface area contributed by atoms with Crippen LogP contribution < -0.4 is 5.32 Å². The van der Waals surface area contributed by atoms with E-state index in [0.717, 1.165) is 11.1 Å². The van der Waals surface area contributed by atoms with Crippen LogP contribution in [0.1, 0.15) is 5.56 Å². The number of H-pyrrole nitrogens is 1. The van der Waals surface area contributed by atoms with E-state index in [9.17, 15) is 4.79 Å². The molecule has 0 radical (unpaired) electrons. The molecule has 5 nitrogen and oxygen atoms in total. The summed E-state index contributed by atoms with van der Waals surface area (Å²) in [4.78, 5) is 16.1. The zero-order valence-electron chi connectivity index (χ0n) is 12.0. The number of carbonyl (C=O) groups is 1. The first kappa shape index (κ1) is 15.0. The summed E-state index contributed by atoms with van der Waals surface area (Å²) >= 11 is 5.89. The Balaban J connectivity index is 1.66. The second kappa shape index (κ2) is 6.89. The van der Waals surface area contributed by atoms with E-state index in [0.29, 0.717) is 10.8 Å². The van der Waals surface area contributed by atoms with Gasteiger partial charge < -0.3 is 0 Å². The van der Waals surface area contributed by atoms with Gasteiger partial charge in [-0.1, -0.05) is 54.1 Å². The lowest BCUT2D eigenvalue weighted by Gasteiger charge is -1.96. The van der Waals surface area contributed by atoms with Crippen LogP contribution in [-0.4, -0.2) is 21.1 Å². The summed E-state index contributed by atoms with van der Waals surface area (Å²) in [5.41, 5.74) is 1.74. The van der Waals surface area contributed by atoms with Gasteiger partial charge in [0.2, 0.25) is 5.95 Å². The third-order valence-electron chi connectivity index (χ3n) is 3.04.